The quantitative estimate of drug-likeness (QED) is 0.812. The fourth-order valence-corrected chi connectivity index (χ4v) is 3.81. The van der Waals surface area contributed by atoms with Crippen LogP contribution < -0.4 is 5.32 Å². The molecule has 0 spiro atoms. The zero-order valence-electron chi connectivity index (χ0n) is 15.0. The molecule has 23 heavy (non-hydrogen) atoms. The minimum absolute atomic E-state index is 0.0325. The highest BCUT2D eigenvalue weighted by atomic mass is 16.2. The summed E-state index contributed by atoms with van der Waals surface area (Å²) in [5, 5.41) is 2.93. The Morgan fingerprint density at radius 2 is 1.70 bits per heavy atom. The molecule has 1 saturated heterocycles. The Morgan fingerprint density at radius 3 is 2.30 bits per heavy atom. The lowest BCUT2D eigenvalue weighted by Crippen LogP contribution is -2.51. The van der Waals surface area contributed by atoms with E-state index in [1.54, 1.807) is 0 Å². The summed E-state index contributed by atoms with van der Waals surface area (Å²) < 4.78 is 0. The van der Waals surface area contributed by atoms with Gasteiger partial charge in [-0.25, -0.2) is 4.79 Å². The van der Waals surface area contributed by atoms with E-state index in [0.29, 0.717) is 12.6 Å². The number of hydrogen-bond acceptors (Lipinski definition) is 2. The Morgan fingerprint density at radius 1 is 1.04 bits per heavy atom. The molecule has 1 saturated carbocycles. The van der Waals surface area contributed by atoms with Gasteiger partial charge in [-0.3, -0.25) is 4.79 Å². The lowest BCUT2D eigenvalue weighted by molar-refractivity contribution is -0.138. The van der Waals surface area contributed by atoms with Gasteiger partial charge >= 0.3 is 6.03 Å². The first-order valence-electron chi connectivity index (χ1n) is 9.31. The van der Waals surface area contributed by atoms with E-state index in [1.807, 2.05) is 30.7 Å². The molecular weight excluding hydrogens is 290 g/mol. The highest BCUT2D eigenvalue weighted by Crippen LogP contribution is 2.25. The number of piperidine rings is 1. The third-order valence-corrected chi connectivity index (χ3v) is 5.19. The molecule has 1 aliphatic heterocycles. The van der Waals surface area contributed by atoms with Crippen LogP contribution in [0.5, 0.6) is 0 Å². The molecule has 2 rings (SSSR count). The molecule has 1 heterocycles. The van der Waals surface area contributed by atoms with E-state index >= 15 is 0 Å². The van der Waals surface area contributed by atoms with E-state index < -0.39 is 0 Å². The van der Waals surface area contributed by atoms with Gasteiger partial charge in [0.1, 0.15) is 0 Å². The highest BCUT2D eigenvalue weighted by molar-refractivity contribution is 5.81. The monoisotopic (exact) mass is 323 g/mol. The summed E-state index contributed by atoms with van der Waals surface area (Å²) in [6.07, 6.45) is 9.14. The number of likely N-dealkylation sites (tertiary alicyclic amines) is 1. The van der Waals surface area contributed by atoms with Gasteiger partial charge < -0.3 is 15.1 Å². The number of hydrogen-bond donors (Lipinski definition) is 1. The summed E-state index contributed by atoms with van der Waals surface area (Å²) in [5.41, 5.74) is 0. The maximum Gasteiger partial charge on any atom is 0.317 e. The van der Waals surface area contributed by atoms with Crippen LogP contribution in [-0.4, -0.2) is 54.0 Å². The van der Waals surface area contributed by atoms with Crippen LogP contribution in [0.3, 0.4) is 0 Å². The second kappa shape index (κ2) is 8.55. The number of carbonyl (C=O) groups is 2. The number of nitrogens with one attached hydrogen (secondary N) is 1. The van der Waals surface area contributed by atoms with Crippen LogP contribution in [0, 0.1) is 5.92 Å². The van der Waals surface area contributed by atoms with Gasteiger partial charge in [-0.2, -0.15) is 0 Å². The molecular formula is C18H33N3O2. The van der Waals surface area contributed by atoms with E-state index in [2.05, 4.69) is 5.32 Å². The van der Waals surface area contributed by atoms with Crippen molar-refractivity contribution in [2.75, 3.05) is 20.1 Å². The predicted molar refractivity (Wildman–Crippen MR) is 92.2 cm³/mol. The predicted octanol–water partition coefficient (Wildman–Crippen LogP) is 3.00. The fourth-order valence-electron chi connectivity index (χ4n) is 3.81. The molecule has 0 aromatic heterocycles. The zero-order chi connectivity index (χ0) is 16.8. The number of urea groups is 1. The van der Waals surface area contributed by atoms with Crippen molar-refractivity contribution in [3.63, 3.8) is 0 Å². The fraction of sp³-hybridized carbons (Fsp3) is 0.889. The normalized spacial score (nSPS) is 23.5. The molecule has 1 aliphatic carbocycles. The molecule has 0 radical (unpaired) electrons. The number of carbonyl (C=O) groups excluding carboxylic acids is 2. The Kier molecular flexibility index (Phi) is 6.72. The van der Waals surface area contributed by atoms with Gasteiger partial charge in [0.15, 0.2) is 0 Å². The van der Waals surface area contributed by atoms with Crippen molar-refractivity contribution >= 4 is 11.9 Å². The van der Waals surface area contributed by atoms with Crippen LogP contribution in [0.4, 0.5) is 4.79 Å². The van der Waals surface area contributed by atoms with E-state index in [4.69, 9.17) is 0 Å². The second-order valence-corrected chi connectivity index (χ2v) is 7.48. The molecule has 0 aromatic rings. The number of rotatable bonds is 3. The first kappa shape index (κ1) is 18.1. The van der Waals surface area contributed by atoms with Crippen LogP contribution in [0.25, 0.3) is 0 Å². The van der Waals surface area contributed by atoms with Gasteiger partial charge in [0.05, 0.1) is 5.92 Å². The third kappa shape index (κ3) is 5.11. The molecule has 0 aromatic carbocycles. The summed E-state index contributed by atoms with van der Waals surface area (Å²) in [6, 6.07) is 0.492. The first-order valence-corrected chi connectivity index (χ1v) is 9.31. The molecule has 5 nitrogen and oxygen atoms in total. The third-order valence-electron chi connectivity index (χ3n) is 5.19. The number of nitrogens with zero attached hydrogens (tertiary/aromatic N) is 2. The maximum absolute atomic E-state index is 12.9. The molecule has 0 unspecified atom stereocenters. The number of amides is 3. The van der Waals surface area contributed by atoms with Crippen LogP contribution in [0.1, 0.15) is 65.2 Å². The van der Waals surface area contributed by atoms with Crippen LogP contribution in [0.2, 0.25) is 0 Å². The SMILES string of the molecule is CC(C)NC(=O)N1CCC[C@H](C(=O)N(C)C2CCCCCC2)C1. The van der Waals surface area contributed by atoms with Gasteiger partial charge in [-0.1, -0.05) is 25.7 Å². The van der Waals surface area contributed by atoms with Crippen molar-refractivity contribution in [2.24, 2.45) is 5.92 Å². The van der Waals surface area contributed by atoms with Crippen molar-refractivity contribution in [3.8, 4) is 0 Å². The average Bonchev–Trinajstić information content (AvgIpc) is 2.82. The minimum atomic E-state index is -0.0328. The Labute approximate surface area is 140 Å². The molecule has 5 heteroatoms. The van der Waals surface area contributed by atoms with Gasteiger partial charge in [0.25, 0.3) is 0 Å². The van der Waals surface area contributed by atoms with Crippen molar-refractivity contribution in [2.45, 2.75) is 77.3 Å². The van der Waals surface area contributed by atoms with Crippen molar-refractivity contribution in [3.05, 3.63) is 0 Å². The largest absolute Gasteiger partial charge is 0.342 e. The molecule has 0 bridgehead atoms. The minimum Gasteiger partial charge on any atom is -0.342 e. The molecule has 1 N–H and O–H groups in total. The molecule has 3 amide bonds. The summed E-state index contributed by atoms with van der Waals surface area (Å²) in [4.78, 5) is 28.8. The van der Waals surface area contributed by atoms with Gasteiger partial charge in [-0.05, 0) is 39.5 Å². The summed E-state index contributed by atoms with van der Waals surface area (Å²) in [5.74, 6) is 0.203. The van der Waals surface area contributed by atoms with Crippen molar-refractivity contribution in [1.29, 1.82) is 0 Å². The van der Waals surface area contributed by atoms with E-state index in [-0.39, 0.29) is 23.9 Å². The zero-order valence-corrected chi connectivity index (χ0v) is 15.0. The molecule has 132 valence electrons. The summed E-state index contributed by atoms with van der Waals surface area (Å²) in [6.45, 7) is 5.25. The first-order chi connectivity index (χ1) is 11.0. The topological polar surface area (TPSA) is 52.7 Å². The van der Waals surface area contributed by atoms with E-state index in [1.165, 1.54) is 25.7 Å². The van der Waals surface area contributed by atoms with Gasteiger partial charge in [0.2, 0.25) is 5.91 Å². The van der Waals surface area contributed by atoms with Gasteiger partial charge in [0, 0.05) is 32.2 Å². The standard InChI is InChI=1S/C18H33N3O2/c1-14(2)19-18(23)21-12-8-9-15(13-21)17(22)20(3)16-10-6-4-5-7-11-16/h14-16H,4-13H2,1-3H3,(H,19,23)/t15-/m0/s1. The van der Waals surface area contributed by atoms with Gasteiger partial charge in [-0.15, -0.1) is 0 Å². The highest BCUT2D eigenvalue weighted by Gasteiger charge is 2.32. The molecule has 1 atom stereocenters. The lowest BCUT2D eigenvalue weighted by Gasteiger charge is -2.36. The molecule has 2 aliphatic rings. The molecule has 2 fully saturated rings. The average molecular weight is 323 g/mol. The summed E-state index contributed by atoms with van der Waals surface area (Å²) in [7, 11) is 1.96. The van der Waals surface area contributed by atoms with Crippen molar-refractivity contribution in [1.82, 2.24) is 15.1 Å². The van der Waals surface area contributed by atoms with Crippen LogP contribution in [-0.2, 0) is 4.79 Å². The lowest BCUT2D eigenvalue weighted by atomic mass is 9.95. The van der Waals surface area contributed by atoms with E-state index in [0.717, 1.165) is 32.2 Å². The van der Waals surface area contributed by atoms with Crippen LogP contribution >= 0.6 is 0 Å². The smallest absolute Gasteiger partial charge is 0.317 e. The Balaban J connectivity index is 1.91. The maximum atomic E-state index is 12.9. The Bertz CT molecular complexity index is 403. The summed E-state index contributed by atoms with van der Waals surface area (Å²) >= 11 is 0. The van der Waals surface area contributed by atoms with E-state index in [9.17, 15) is 9.59 Å². The van der Waals surface area contributed by atoms with Crippen LogP contribution in [0.15, 0.2) is 0 Å². The second-order valence-electron chi connectivity index (χ2n) is 7.48. The Hall–Kier alpha value is -1.26. The van der Waals surface area contributed by atoms with Crippen molar-refractivity contribution < 1.29 is 9.59 Å².